The minimum Gasteiger partial charge on any atom is -0.465 e. The molecular weight excluding hydrogens is 667 g/mol. The summed E-state index contributed by atoms with van der Waals surface area (Å²) in [5, 5.41) is 7.68. The molecule has 6 rings (SSSR count). The van der Waals surface area contributed by atoms with Crippen molar-refractivity contribution in [2.24, 2.45) is 5.41 Å². The first-order valence-corrected chi connectivity index (χ1v) is 16.8. The second-order valence-corrected chi connectivity index (χ2v) is 12.8. The molecule has 4 aromatic rings. The van der Waals surface area contributed by atoms with Crippen LogP contribution < -0.4 is 20.7 Å². The van der Waals surface area contributed by atoms with Gasteiger partial charge < -0.3 is 30.2 Å². The van der Waals surface area contributed by atoms with Crippen molar-refractivity contribution in [2.75, 3.05) is 43.5 Å². The summed E-state index contributed by atoms with van der Waals surface area (Å²) in [5.41, 5.74) is 7.91. The molecule has 0 saturated carbocycles. The molecule has 51 heavy (non-hydrogen) atoms. The first kappa shape index (κ1) is 35.6. The Bertz CT molecular complexity index is 1890. The fraction of sp³-hybridized carbons (Fsp3) is 0.417. The van der Waals surface area contributed by atoms with Gasteiger partial charge in [0.1, 0.15) is 11.9 Å². The van der Waals surface area contributed by atoms with Crippen LogP contribution in [0.5, 0.6) is 5.88 Å². The third-order valence-corrected chi connectivity index (χ3v) is 9.31. The number of nitrogens with one attached hydrogen (secondary N) is 1. The van der Waals surface area contributed by atoms with Crippen molar-refractivity contribution in [2.45, 2.75) is 58.4 Å². The van der Waals surface area contributed by atoms with Gasteiger partial charge in [0, 0.05) is 37.5 Å². The van der Waals surface area contributed by atoms with Crippen LogP contribution in [-0.2, 0) is 14.3 Å². The number of carbonyl (C=O) groups excluding carboxylic acids is 2. The Labute approximate surface area is 293 Å². The zero-order chi connectivity index (χ0) is 36.3. The lowest BCUT2D eigenvalue weighted by molar-refractivity contribution is -0.198. The number of piperidine rings is 1. The summed E-state index contributed by atoms with van der Waals surface area (Å²) in [6.07, 6.45) is -3.62. The van der Waals surface area contributed by atoms with Crippen LogP contribution in [0.25, 0.3) is 16.8 Å². The Balaban J connectivity index is 1.28. The number of nitrogens with zero attached hydrogens (tertiary/aromatic N) is 5. The van der Waals surface area contributed by atoms with E-state index in [9.17, 15) is 22.8 Å². The number of halogens is 3. The molecule has 2 saturated heterocycles. The highest BCUT2D eigenvalue weighted by Gasteiger charge is 2.46. The van der Waals surface area contributed by atoms with Crippen molar-refractivity contribution in [1.29, 1.82) is 0 Å². The molecule has 0 unspecified atom stereocenters. The lowest BCUT2D eigenvalue weighted by Crippen LogP contribution is -2.41. The summed E-state index contributed by atoms with van der Waals surface area (Å²) in [5.74, 6) is -0.978. The summed E-state index contributed by atoms with van der Waals surface area (Å²) in [6, 6.07) is 13.8. The van der Waals surface area contributed by atoms with Crippen LogP contribution >= 0.6 is 0 Å². The number of benzene rings is 2. The number of hydrogen-bond acceptors (Lipinski definition) is 11. The average molecular weight is 708 g/mol. The standard InChI is InChI=1S/C36H40F3N7O5/c1-4-49-32(47)25-8-6-7-23(17-25)24-9-10-26(28(18-24)46-14-11-22(3)44-46)31(36(37,38)39)51-30-19-29(42-34(40)43-30)45-15-12-35(13-16-45)20-27(41-21-35)33(48)50-5-2/h6-11,14,17-19,27,31,41H,4-5,12-13,15-16,20-21H2,1-3H3,(H2,40,42,43)/t27-,31+/m0/s1. The number of aryl methyl sites for hydroxylation is 1. The van der Waals surface area contributed by atoms with E-state index in [0.717, 1.165) is 12.8 Å². The minimum atomic E-state index is -4.87. The van der Waals surface area contributed by atoms with Crippen molar-refractivity contribution in [3.05, 3.63) is 77.6 Å². The van der Waals surface area contributed by atoms with E-state index >= 15 is 0 Å². The van der Waals surface area contributed by atoms with Crippen LogP contribution in [0.3, 0.4) is 0 Å². The average Bonchev–Trinajstić information content (AvgIpc) is 3.73. The summed E-state index contributed by atoms with van der Waals surface area (Å²) in [6.45, 7) is 7.50. The van der Waals surface area contributed by atoms with Gasteiger partial charge in [-0.3, -0.25) is 4.79 Å². The van der Waals surface area contributed by atoms with Crippen LogP contribution in [0.2, 0.25) is 0 Å². The molecule has 0 radical (unpaired) electrons. The van der Waals surface area contributed by atoms with Gasteiger partial charge in [-0.2, -0.15) is 28.2 Å². The Hall–Kier alpha value is -5.18. The number of nitrogen functional groups attached to an aromatic ring is 1. The Morgan fingerprint density at radius 3 is 2.45 bits per heavy atom. The summed E-state index contributed by atoms with van der Waals surface area (Å²) >= 11 is 0. The molecule has 3 N–H and O–H groups in total. The molecule has 2 aromatic heterocycles. The fourth-order valence-corrected chi connectivity index (χ4v) is 6.73. The lowest BCUT2D eigenvalue weighted by atomic mass is 9.76. The largest absolute Gasteiger partial charge is 0.465 e. The highest BCUT2D eigenvalue weighted by molar-refractivity contribution is 5.91. The molecule has 270 valence electrons. The fourth-order valence-electron chi connectivity index (χ4n) is 6.73. The van der Waals surface area contributed by atoms with Crippen molar-refractivity contribution >= 4 is 23.7 Å². The van der Waals surface area contributed by atoms with E-state index in [-0.39, 0.29) is 47.1 Å². The van der Waals surface area contributed by atoms with Crippen LogP contribution in [-0.4, -0.2) is 76.8 Å². The molecule has 1 spiro atoms. The summed E-state index contributed by atoms with van der Waals surface area (Å²) in [7, 11) is 0. The predicted molar refractivity (Wildman–Crippen MR) is 182 cm³/mol. The second kappa shape index (κ2) is 14.6. The number of hydrogen-bond donors (Lipinski definition) is 2. The molecule has 0 bridgehead atoms. The normalized spacial score (nSPS) is 17.7. The molecule has 2 aromatic carbocycles. The SMILES string of the molecule is CCOC(=O)c1cccc(-c2ccc([C@@H](Oc3cc(N4CCC5(CC4)CN[C@H](C(=O)OCC)C5)nc(N)n3)C(F)(F)F)c(-n3ccc(C)n3)c2)c1. The molecular formula is C36H40F3N7O5. The van der Waals surface area contributed by atoms with Crippen molar-refractivity contribution in [3.63, 3.8) is 0 Å². The monoisotopic (exact) mass is 707 g/mol. The van der Waals surface area contributed by atoms with Crippen LogP contribution in [0.15, 0.2) is 60.8 Å². The molecule has 12 nitrogen and oxygen atoms in total. The highest BCUT2D eigenvalue weighted by Crippen LogP contribution is 2.43. The zero-order valence-electron chi connectivity index (χ0n) is 28.6. The smallest absolute Gasteiger partial charge is 0.429 e. The van der Waals surface area contributed by atoms with E-state index in [4.69, 9.17) is 19.9 Å². The Kier molecular flexibility index (Phi) is 10.2. The highest BCUT2D eigenvalue weighted by atomic mass is 19.4. The van der Waals surface area contributed by atoms with Crippen molar-refractivity contribution in [3.8, 4) is 22.7 Å². The van der Waals surface area contributed by atoms with Crippen LogP contribution in [0.1, 0.15) is 60.8 Å². The molecule has 2 aliphatic rings. The van der Waals surface area contributed by atoms with Crippen molar-refractivity contribution in [1.82, 2.24) is 25.1 Å². The van der Waals surface area contributed by atoms with Gasteiger partial charge >= 0.3 is 18.1 Å². The maximum Gasteiger partial charge on any atom is 0.429 e. The van der Waals surface area contributed by atoms with Gasteiger partial charge in [-0.15, -0.1) is 0 Å². The zero-order valence-corrected chi connectivity index (χ0v) is 28.6. The van der Waals surface area contributed by atoms with Crippen molar-refractivity contribution < 1.29 is 37.0 Å². The summed E-state index contributed by atoms with van der Waals surface area (Å²) in [4.78, 5) is 35.0. The van der Waals surface area contributed by atoms with E-state index in [1.807, 2.05) is 4.90 Å². The second-order valence-electron chi connectivity index (χ2n) is 12.8. The number of alkyl halides is 3. The van der Waals surface area contributed by atoms with Gasteiger partial charge in [0.25, 0.3) is 0 Å². The third-order valence-electron chi connectivity index (χ3n) is 9.31. The number of esters is 2. The lowest BCUT2D eigenvalue weighted by Gasteiger charge is -2.39. The van der Waals surface area contributed by atoms with Gasteiger partial charge in [0.05, 0.1) is 30.2 Å². The molecule has 2 fully saturated rings. The number of aromatic nitrogens is 4. The van der Waals surface area contributed by atoms with Gasteiger partial charge in [-0.05, 0) is 80.8 Å². The van der Waals surface area contributed by atoms with Gasteiger partial charge in [0.15, 0.2) is 0 Å². The van der Waals surface area contributed by atoms with Crippen LogP contribution in [0, 0.1) is 12.3 Å². The Morgan fingerprint density at radius 2 is 1.76 bits per heavy atom. The topological polar surface area (TPSA) is 147 Å². The van der Waals surface area contributed by atoms with Gasteiger partial charge in [-0.1, -0.05) is 24.3 Å². The minimum absolute atomic E-state index is 0.0965. The van der Waals surface area contributed by atoms with Crippen LogP contribution in [0.4, 0.5) is 24.9 Å². The van der Waals surface area contributed by atoms with E-state index in [0.29, 0.717) is 60.9 Å². The third kappa shape index (κ3) is 7.93. The number of carbonyl (C=O) groups is 2. The molecule has 2 atom stereocenters. The first-order valence-electron chi connectivity index (χ1n) is 16.8. The Morgan fingerprint density at radius 1 is 1.02 bits per heavy atom. The number of ether oxygens (including phenoxy) is 3. The van der Waals surface area contributed by atoms with E-state index in [1.165, 1.54) is 22.9 Å². The molecule has 2 aliphatic heterocycles. The molecule has 0 amide bonds. The molecule has 4 heterocycles. The molecule has 15 heteroatoms. The quantitative estimate of drug-likeness (QED) is 0.199. The number of rotatable bonds is 10. The van der Waals surface area contributed by atoms with Gasteiger partial charge in [-0.25, -0.2) is 9.48 Å². The molecule has 0 aliphatic carbocycles. The van der Waals surface area contributed by atoms with E-state index in [2.05, 4.69) is 20.4 Å². The van der Waals surface area contributed by atoms with Gasteiger partial charge in [0.2, 0.25) is 17.9 Å². The van der Waals surface area contributed by atoms with E-state index < -0.39 is 18.2 Å². The number of anilines is 2. The van der Waals surface area contributed by atoms with E-state index in [1.54, 1.807) is 63.4 Å². The summed E-state index contributed by atoms with van der Waals surface area (Å²) < 4.78 is 62.2. The predicted octanol–water partition coefficient (Wildman–Crippen LogP) is 5.59. The maximum absolute atomic E-state index is 15.0. The maximum atomic E-state index is 15.0. The number of nitrogens with two attached hydrogens (primary N) is 1. The first-order chi connectivity index (χ1) is 24.4.